The van der Waals surface area contributed by atoms with Gasteiger partial charge in [-0.3, -0.25) is 4.68 Å². The molecule has 3 rings (SSSR count). The van der Waals surface area contributed by atoms with E-state index in [9.17, 15) is 0 Å². The number of hydrogen-bond acceptors (Lipinski definition) is 3. The zero-order valence-electron chi connectivity index (χ0n) is 11.4. The molecule has 0 amide bonds. The molecule has 2 aromatic heterocycles. The van der Waals surface area contributed by atoms with E-state index in [1.165, 1.54) is 26.8 Å². The Balaban J connectivity index is 2.17. The molecular weight excluding hydrogens is 242 g/mol. The van der Waals surface area contributed by atoms with Crippen LogP contribution in [0.15, 0.2) is 6.20 Å². The second-order valence-corrected chi connectivity index (χ2v) is 6.57. The van der Waals surface area contributed by atoms with E-state index >= 15 is 0 Å². The summed E-state index contributed by atoms with van der Waals surface area (Å²) in [4.78, 5) is 6.16. The average Bonchev–Trinajstić information content (AvgIpc) is 2.91. The smallest absolute Gasteiger partial charge is 0.0960 e. The molecular formula is C14H19N3S. The van der Waals surface area contributed by atoms with Gasteiger partial charge in [-0.1, -0.05) is 13.8 Å². The van der Waals surface area contributed by atoms with Gasteiger partial charge in [0.05, 0.1) is 27.5 Å². The number of aryl methyl sites for hydroxylation is 2. The number of nitrogens with zero attached hydrogens (tertiary/aromatic N) is 3. The molecule has 0 saturated heterocycles. The van der Waals surface area contributed by atoms with Crippen LogP contribution in [-0.4, -0.2) is 14.8 Å². The van der Waals surface area contributed by atoms with Crippen molar-refractivity contribution in [3.8, 4) is 10.6 Å². The molecule has 2 aromatic rings. The topological polar surface area (TPSA) is 30.7 Å². The zero-order valence-corrected chi connectivity index (χ0v) is 12.2. The first-order valence-electron chi connectivity index (χ1n) is 6.64. The minimum Gasteiger partial charge on any atom is -0.261 e. The van der Waals surface area contributed by atoms with Crippen LogP contribution >= 0.6 is 11.3 Å². The van der Waals surface area contributed by atoms with Crippen molar-refractivity contribution in [1.82, 2.24) is 14.8 Å². The van der Waals surface area contributed by atoms with Gasteiger partial charge in [0.15, 0.2) is 0 Å². The Morgan fingerprint density at radius 1 is 1.22 bits per heavy atom. The molecule has 3 nitrogen and oxygen atoms in total. The summed E-state index contributed by atoms with van der Waals surface area (Å²) < 4.78 is 2.15. The molecule has 0 spiro atoms. The van der Waals surface area contributed by atoms with Gasteiger partial charge in [-0.05, 0) is 32.3 Å². The van der Waals surface area contributed by atoms with Crippen LogP contribution in [0.25, 0.3) is 10.6 Å². The Morgan fingerprint density at radius 2 is 2.00 bits per heavy atom. The van der Waals surface area contributed by atoms with E-state index in [0.29, 0.717) is 12.0 Å². The van der Waals surface area contributed by atoms with Crippen molar-refractivity contribution in [2.45, 2.75) is 52.5 Å². The molecule has 18 heavy (non-hydrogen) atoms. The quantitative estimate of drug-likeness (QED) is 0.823. The Morgan fingerprint density at radius 3 is 2.67 bits per heavy atom. The third-order valence-electron chi connectivity index (χ3n) is 3.41. The normalized spacial score (nSPS) is 14.1. The van der Waals surface area contributed by atoms with Crippen LogP contribution in [0.3, 0.4) is 0 Å². The van der Waals surface area contributed by atoms with Crippen molar-refractivity contribution in [3.05, 3.63) is 22.5 Å². The van der Waals surface area contributed by atoms with E-state index in [1.807, 2.05) is 17.5 Å². The number of fused-ring (bicyclic) bond motifs is 3. The van der Waals surface area contributed by atoms with E-state index in [2.05, 4.69) is 37.5 Å². The molecule has 0 aromatic carbocycles. The lowest BCUT2D eigenvalue weighted by molar-refractivity contribution is 0.538. The lowest BCUT2D eigenvalue weighted by atomic mass is 10.00. The predicted molar refractivity (Wildman–Crippen MR) is 75.2 cm³/mol. The molecule has 0 unspecified atom stereocenters. The summed E-state index contributed by atoms with van der Waals surface area (Å²) in [5, 5.41) is 5.80. The largest absolute Gasteiger partial charge is 0.261 e. The SMILES string of the molecule is CC(C)c1nc2c(s1)-c1c(cnn1C(C)C)CC2. The first-order chi connectivity index (χ1) is 8.58. The van der Waals surface area contributed by atoms with Crippen molar-refractivity contribution in [3.63, 3.8) is 0 Å². The minimum atomic E-state index is 0.407. The van der Waals surface area contributed by atoms with Crippen molar-refractivity contribution in [2.75, 3.05) is 0 Å². The maximum Gasteiger partial charge on any atom is 0.0960 e. The van der Waals surface area contributed by atoms with Crippen LogP contribution in [0.1, 0.15) is 55.9 Å². The maximum atomic E-state index is 4.81. The molecule has 4 heteroatoms. The number of rotatable bonds is 2. The summed E-state index contributed by atoms with van der Waals surface area (Å²) in [6.45, 7) is 8.80. The highest BCUT2D eigenvalue weighted by molar-refractivity contribution is 7.15. The highest BCUT2D eigenvalue weighted by Crippen LogP contribution is 2.40. The Kier molecular flexibility index (Phi) is 2.77. The monoisotopic (exact) mass is 261 g/mol. The van der Waals surface area contributed by atoms with Crippen molar-refractivity contribution in [2.24, 2.45) is 0 Å². The zero-order chi connectivity index (χ0) is 12.9. The number of thiazole rings is 1. The van der Waals surface area contributed by atoms with Gasteiger partial charge in [-0.25, -0.2) is 4.98 Å². The van der Waals surface area contributed by atoms with Gasteiger partial charge in [0.2, 0.25) is 0 Å². The van der Waals surface area contributed by atoms with Crippen LogP contribution < -0.4 is 0 Å². The summed E-state index contributed by atoms with van der Waals surface area (Å²) in [6, 6.07) is 0.407. The lowest BCUT2D eigenvalue weighted by Crippen LogP contribution is -2.08. The molecule has 0 bridgehead atoms. The Labute approximate surface area is 112 Å². The molecule has 0 atom stereocenters. The standard InChI is InChI=1S/C14H19N3S/c1-8(2)14-16-11-6-5-10-7-15-17(9(3)4)12(10)13(11)18-14/h7-9H,5-6H2,1-4H3. The molecule has 96 valence electrons. The van der Waals surface area contributed by atoms with E-state index in [4.69, 9.17) is 4.98 Å². The fraction of sp³-hybridized carbons (Fsp3) is 0.571. The lowest BCUT2D eigenvalue weighted by Gasteiger charge is -2.15. The Bertz CT molecular complexity index is 578. The first kappa shape index (κ1) is 11.9. The fourth-order valence-corrected chi connectivity index (χ4v) is 3.63. The number of aromatic nitrogens is 3. The highest BCUT2D eigenvalue weighted by Gasteiger charge is 2.26. The van der Waals surface area contributed by atoms with Gasteiger partial charge in [-0.15, -0.1) is 11.3 Å². The molecule has 0 radical (unpaired) electrons. The van der Waals surface area contributed by atoms with Gasteiger partial charge in [-0.2, -0.15) is 5.10 Å². The van der Waals surface area contributed by atoms with E-state index < -0.39 is 0 Å². The van der Waals surface area contributed by atoms with Crippen LogP contribution in [0.4, 0.5) is 0 Å². The van der Waals surface area contributed by atoms with Crippen LogP contribution in [0, 0.1) is 0 Å². The first-order valence-corrected chi connectivity index (χ1v) is 7.46. The number of hydrogen-bond donors (Lipinski definition) is 0. The van der Waals surface area contributed by atoms with Gasteiger partial charge in [0.25, 0.3) is 0 Å². The summed E-state index contributed by atoms with van der Waals surface area (Å²) in [5.41, 5.74) is 3.98. The van der Waals surface area contributed by atoms with E-state index in [0.717, 1.165) is 12.8 Å². The highest BCUT2D eigenvalue weighted by atomic mass is 32.1. The van der Waals surface area contributed by atoms with Gasteiger partial charge >= 0.3 is 0 Å². The third kappa shape index (κ3) is 1.70. The van der Waals surface area contributed by atoms with Crippen LogP contribution in [0.2, 0.25) is 0 Å². The molecule has 1 aliphatic carbocycles. The van der Waals surface area contributed by atoms with Gasteiger partial charge in [0.1, 0.15) is 0 Å². The molecule has 1 aliphatic rings. The summed E-state index contributed by atoms with van der Waals surface area (Å²) in [5.74, 6) is 0.513. The van der Waals surface area contributed by atoms with Crippen molar-refractivity contribution in [1.29, 1.82) is 0 Å². The van der Waals surface area contributed by atoms with E-state index in [-0.39, 0.29) is 0 Å². The minimum absolute atomic E-state index is 0.407. The molecule has 0 fully saturated rings. The second kappa shape index (κ2) is 4.19. The molecule has 0 N–H and O–H groups in total. The molecule has 2 heterocycles. The maximum absolute atomic E-state index is 4.81. The van der Waals surface area contributed by atoms with Gasteiger partial charge < -0.3 is 0 Å². The van der Waals surface area contributed by atoms with Crippen LogP contribution in [0.5, 0.6) is 0 Å². The molecule has 0 aliphatic heterocycles. The average molecular weight is 261 g/mol. The predicted octanol–water partition coefficient (Wildman–Crippen LogP) is 3.81. The van der Waals surface area contributed by atoms with Crippen molar-refractivity contribution >= 4 is 11.3 Å². The van der Waals surface area contributed by atoms with Crippen LogP contribution in [-0.2, 0) is 12.8 Å². The fourth-order valence-electron chi connectivity index (χ4n) is 2.45. The molecule has 0 saturated carbocycles. The third-order valence-corrected chi connectivity index (χ3v) is 4.82. The summed E-state index contributed by atoms with van der Waals surface area (Å²) >= 11 is 1.85. The summed E-state index contributed by atoms with van der Waals surface area (Å²) in [7, 11) is 0. The van der Waals surface area contributed by atoms with Gasteiger partial charge in [0, 0.05) is 12.0 Å². The second-order valence-electron chi connectivity index (χ2n) is 5.54. The summed E-state index contributed by atoms with van der Waals surface area (Å²) in [6.07, 6.45) is 4.18. The van der Waals surface area contributed by atoms with Crippen molar-refractivity contribution < 1.29 is 0 Å². The van der Waals surface area contributed by atoms with E-state index in [1.54, 1.807) is 0 Å². The Hall–Kier alpha value is -1.16.